The molecular formula is C46H39N3. The molecule has 7 aromatic rings. The number of aliphatic imine (C=N–C) groups is 2. The highest BCUT2D eigenvalue weighted by Crippen LogP contribution is 2.51. The highest BCUT2D eigenvalue weighted by molar-refractivity contribution is 6.19. The molecule has 1 aliphatic heterocycles. The number of aromatic nitrogens is 1. The highest BCUT2D eigenvalue weighted by atomic mass is 15.0. The average Bonchev–Trinajstić information content (AvgIpc) is 3.56. The molecule has 49 heavy (non-hydrogen) atoms. The van der Waals surface area contributed by atoms with Gasteiger partial charge in [-0.25, -0.2) is 0 Å². The van der Waals surface area contributed by atoms with E-state index in [1.54, 1.807) is 0 Å². The Bertz CT molecular complexity index is 2510. The van der Waals surface area contributed by atoms with Crippen molar-refractivity contribution in [3.05, 3.63) is 172 Å². The highest BCUT2D eigenvalue weighted by Gasteiger charge is 2.36. The van der Waals surface area contributed by atoms with Crippen LogP contribution in [0.1, 0.15) is 70.9 Å². The summed E-state index contributed by atoms with van der Waals surface area (Å²) in [7, 11) is 0. The first-order valence-electron chi connectivity index (χ1n) is 17.3. The monoisotopic (exact) mass is 633 g/mol. The Labute approximate surface area is 288 Å². The van der Waals surface area contributed by atoms with Gasteiger partial charge in [-0.15, -0.1) is 0 Å². The SMILES string of the molecule is Cc1ccc(C2=NC(c3ccc(C)cc3)N=C(c3cc(C)cc(-n4c5ccccc5c5cc6c(cc54)C(C)(C)c4ccccc4-6)c3)C2)cc1. The Morgan fingerprint density at radius 2 is 1.22 bits per heavy atom. The van der Waals surface area contributed by atoms with Crippen LogP contribution in [0.5, 0.6) is 0 Å². The van der Waals surface area contributed by atoms with Crippen LogP contribution in [0.3, 0.4) is 0 Å². The number of para-hydroxylation sites is 1. The molecule has 0 fully saturated rings. The minimum Gasteiger partial charge on any atom is -0.309 e. The van der Waals surface area contributed by atoms with Gasteiger partial charge in [-0.05, 0) is 95.6 Å². The van der Waals surface area contributed by atoms with Gasteiger partial charge in [0.05, 0.1) is 22.5 Å². The third-order valence-corrected chi connectivity index (χ3v) is 10.7. The summed E-state index contributed by atoms with van der Waals surface area (Å²) in [5, 5.41) is 2.56. The summed E-state index contributed by atoms with van der Waals surface area (Å²) < 4.78 is 2.47. The molecule has 0 radical (unpaired) electrons. The number of fused-ring (bicyclic) bond motifs is 6. The molecule has 1 aromatic heterocycles. The number of aryl methyl sites for hydroxylation is 3. The summed E-state index contributed by atoms with van der Waals surface area (Å²) in [6.07, 6.45) is 0.394. The van der Waals surface area contributed by atoms with Crippen LogP contribution in [0.25, 0.3) is 38.6 Å². The fraction of sp³-hybridized carbons (Fsp3) is 0.174. The van der Waals surface area contributed by atoms with Gasteiger partial charge >= 0.3 is 0 Å². The number of benzene rings is 6. The van der Waals surface area contributed by atoms with Crippen LogP contribution in [0.15, 0.2) is 137 Å². The minimum absolute atomic E-state index is 0.0767. The molecule has 1 atom stereocenters. The maximum absolute atomic E-state index is 5.34. The van der Waals surface area contributed by atoms with E-state index in [0.717, 1.165) is 33.8 Å². The standard InChI is InChI=1S/C46H39N3/c1-28-14-18-31(19-15-28)41-27-42(48-45(47-41)32-20-16-29(2)17-21-32)33-22-30(3)23-34(24-33)49-43-13-9-7-11-36(43)38-25-37-35-10-6-8-12-39(35)46(4,5)40(37)26-44(38)49/h6-26,45H,27H2,1-5H3. The first-order valence-corrected chi connectivity index (χ1v) is 17.3. The van der Waals surface area contributed by atoms with E-state index < -0.39 is 0 Å². The van der Waals surface area contributed by atoms with E-state index in [2.05, 4.69) is 167 Å². The zero-order valence-corrected chi connectivity index (χ0v) is 28.8. The summed E-state index contributed by atoms with van der Waals surface area (Å²) >= 11 is 0. The van der Waals surface area contributed by atoms with Crippen LogP contribution in [-0.4, -0.2) is 16.0 Å². The van der Waals surface area contributed by atoms with E-state index >= 15 is 0 Å². The van der Waals surface area contributed by atoms with Crippen molar-refractivity contribution in [3.8, 4) is 16.8 Å². The van der Waals surface area contributed by atoms with Crippen molar-refractivity contribution in [2.45, 2.75) is 52.6 Å². The Kier molecular flexibility index (Phi) is 6.64. The second-order valence-electron chi connectivity index (χ2n) is 14.5. The van der Waals surface area contributed by atoms with Crippen molar-refractivity contribution in [2.24, 2.45) is 9.98 Å². The van der Waals surface area contributed by atoms with Crippen molar-refractivity contribution in [1.82, 2.24) is 4.57 Å². The average molecular weight is 634 g/mol. The molecule has 6 aromatic carbocycles. The molecule has 3 nitrogen and oxygen atoms in total. The molecule has 0 bridgehead atoms. The van der Waals surface area contributed by atoms with Gasteiger partial charge in [0, 0.05) is 28.3 Å². The largest absolute Gasteiger partial charge is 0.309 e. The van der Waals surface area contributed by atoms with Gasteiger partial charge in [0.1, 0.15) is 0 Å². The lowest BCUT2D eigenvalue weighted by molar-refractivity contribution is 0.661. The van der Waals surface area contributed by atoms with Gasteiger partial charge in [0.15, 0.2) is 6.17 Å². The lowest BCUT2D eigenvalue weighted by Crippen LogP contribution is -2.18. The first-order chi connectivity index (χ1) is 23.7. The van der Waals surface area contributed by atoms with Gasteiger partial charge in [-0.1, -0.05) is 122 Å². The Hall–Kier alpha value is -5.54. The maximum atomic E-state index is 5.34. The van der Waals surface area contributed by atoms with E-state index in [-0.39, 0.29) is 11.6 Å². The summed E-state index contributed by atoms with van der Waals surface area (Å²) in [6.45, 7) is 11.2. The van der Waals surface area contributed by atoms with E-state index in [1.807, 2.05) is 0 Å². The molecule has 3 heteroatoms. The van der Waals surface area contributed by atoms with E-state index in [9.17, 15) is 0 Å². The number of hydrogen-bond donors (Lipinski definition) is 0. The van der Waals surface area contributed by atoms with Crippen molar-refractivity contribution in [2.75, 3.05) is 0 Å². The minimum atomic E-state index is -0.288. The van der Waals surface area contributed by atoms with Crippen LogP contribution in [0.4, 0.5) is 0 Å². The predicted octanol–water partition coefficient (Wildman–Crippen LogP) is 11.4. The molecule has 238 valence electrons. The van der Waals surface area contributed by atoms with Crippen LogP contribution in [-0.2, 0) is 5.41 Å². The van der Waals surface area contributed by atoms with E-state index in [1.165, 1.54) is 60.8 Å². The molecular weight excluding hydrogens is 595 g/mol. The third kappa shape index (κ3) is 4.79. The Morgan fingerprint density at radius 3 is 2.00 bits per heavy atom. The zero-order chi connectivity index (χ0) is 33.4. The summed E-state index contributed by atoms with van der Waals surface area (Å²) in [6, 6.07) is 47.0. The quantitative estimate of drug-likeness (QED) is 0.185. The molecule has 1 unspecified atom stereocenters. The van der Waals surface area contributed by atoms with Crippen LogP contribution >= 0.6 is 0 Å². The summed E-state index contributed by atoms with van der Waals surface area (Å²) in [5.41, 5.74) is 18.3. The van der Waals surface area contributed by atoms with Crippen molar-refractivity contribution >= 4 is 33.2 Å². The third-order valence-electron chi connectivity index (χ3n) is 10.7. The molecule has 9 rings (SSSR count). The van der Waals surface area contributed by atoms with Gasteiger partial charge < -0.3 is 4.57 Å². The molecule has 2 aliphatic rings. The summed E-state index contributed by atoms with van der Waals surface area (Å²) in [5.74, 6) is 0. The zero-order valence-electron chi connectivity index (χ0n) is 28.8. The number of hydrogen-bond acceptors (Lipinski definition) is 2. The molecule has 0 spiro atoms. The van der Waals surface area contributed by atoms with E-state index in [4.69, 9.17) is 9.98 Å². The fourth-order valence-corrected chi connectivity index (χ4v) is 8.06. The van der Waals surface area contributed by atoms with Crippen LogP contribution in [0.2, 0.25) is 0 Å². The van der Waals surface area contributed by atoms with Crippen molar-refractivity contribution in [1.29, 1.82) is 0 Å². The lowest BCUT2D eigenvalue weighted by Gasteiger charge is -2.22. The topological polar surface area (TPSA) is 29.6 Å². The Balaban J connectivity index is 1.22. The molecule has 0 saturated carbocycles. The molecule has 1 aliphatic carbocycles. The molecule has 0 amide bonds. The fourth-order valence-electron chi connectivity index (χ4n) is 8.06. The molecule has 0 saturated heterocycles. The normalized spacial score (nSPS) is 16.4. The van der Waals surface area contributed by atoms with E-state index in [0.29, 0.717) is 6.42 Å². The first kappa shape index (κ1) is 29.6. The molecule has 0 N–H and O–H groups in total. The van der Waals surface area contributed by atoms with Crippen LogP contribution < -0.4 is 0 Å². The second kappa shape index (κ2) is 11.0. The smallest absolute Gasteiger partial charge is 0.165 e. The van der Waals surface area contributed by atoms with Crippen molar-refractivity contribution in [3.63, 3.8) is 0 Å². The van der Waals surface area contributed by atoms with Crippen LogP contribution in [0, 0.1) is 20.8 Å². The van der Waals surface area contributed by atoms with Gasteiger partial charge in [-0.3, -0.25) is 9.98 Å². The van der Waals surface area contributed by atoms with Gasteiger partial charge in [-0.2, -0.15) is 0 Å². The van der Waals surface area contributed by atoms with Gasteiger partial charge in [0.2, 0.25) is 0 Å². The lowest BCUT2D eigenvalue weighted by atomic mass is 9.82. The summed E-state index contributed by atoms with van der Waals surface area (Å²) in [4.78, 5) is 10.6. The molecule has 2 heterocycles. The second-order valence-corrected chi connectivity index (χ2v) is 14.5. The van der Waals surface area contributed by atoms with Crippen molar-refractivity contribution < 1.29 is 0 Å². The Morgan fingerprint density at radius 1 is 0.551 bits per heavy atom. The predicted molar refractivity (Wildman–Crippen MR) is 206 cm³/mol. The number of nitrogens with zero attached hydrogens (tertiary/aromatic N) is 3. The van der Waals surface area contributed by atoms with Gasteiger partial charge in [0.25, 0.3) is 0 Å². The number of rotatable bonds is 4. The maximum Gasteiger partial charge on any atom is 0.165 e.